The quantitative estimate of drug-likeness (QED) is 0.0770. The monoisotopic (exact) mass is 961 g/mol. The van der Waals surface area contributed by atoms with Crippen molar-refractivity contribution < 1.29 is 41.1 Å². The van der Waals surface area contributed by atoms with Crippen molar-refractivity contribution in [2.75, 3.05) is 76.3 Å². The zero-order valence-electron chi connectivity index (χ0n) is 38.0. The minimum Gasteiger partial charge on any atom is -0.490 e. The molecule has 5 rings (SSSR count). The summed E-state index contributed by atoms with van der Waals surface area (Å²) in [4.78, 5) is 53.3. The van der Waals surface area contributed by atoms with Crippen molar-refractivity contribution in [3.8, 4) is 22.6 Å². The van der Waals surface area contributed by atoms with Gasteiger partial charge in [0, 0.05) is 46.2 Å². The summed E-state index contributed by atoms with van der Waals surface area (Å²) < 4.78 is 35.4. The summed E-state index contributed by atoms with van der Waals surface area (Å²) in [6.45, 7) is 23.9. The van der Waals surface area contributed by atoms with Gasteiger partial charge in [0.05, 0.1) is 27.1 Å². The van der Waals surface area contributed by atoms with Gasteiger partial charge in [0.15, 0.2) is 5.75 Å². The number of carbonyl (C=O) groups is 4. The van der Waals surface area contributed by atoms with Gasteiger partial charge in [-0.2, -0.15) is 0 Å². The van der Waals surface area contributed by atoms with Crippen molar-refractivity contribution in [3.05, 3.63) is 69.7 Å². The maximum atomic E-state index is 12.8. The highest BCUT2D eigenvalue weighted by molar-refractivity contribution is 9.10. The summed E-state index contributed by atoms with van der Waals surface area (Å²) in [5.74, 6) is 0.00297. The van der Waals surface area contributed by atoms with Crippen LogP contribution >= 0.6 is 38.6 Å². The Hall–Kier alpha value is -4.54. The molecule has 0 fully saturated rings. The number of rotatable bonds is 19. The Morgan fingerprint density at radius 2 is 1.15 bits per heavy atom. The molecule has 0 aliphatic carbocycles. The maximum Gasteiger partial charge on any atom is 0.341 e. The lowest BCUT2D eigenvalue weighted by Crippen LogP contribution is -2.28. The van der Waals surface area contributed by atoms with Crippen LogP contribution in [0.2, 0.25) is 0 Å². The lowest BCUT2D eigenvalue weighted by atomic mass is 10.0. The fraction of sp³-hybridized carbons (Fsp3) is 0.447. The summed E-state index contributed by atoms with van der Waals surface area (Å²) in [6.07, 6.45) is 0. The molecule has 2 amide bonds. The molecule has 0 saturated carbocycles. The third-order valence-electron chi connectivity index (χ3n) is 9.54. The number of halogens is 1. The normalized spacial score (nSPS) is 10.8. The SMILES string of the molecule is C.C.CCOC(=O)c1c(NC(C)=O)sc2c(OCCN(CC)CC)c(-c3cccc(C)c3)ccc12.CCOC(=O)c1c(NC(C)=O)sc2c(OCCN(CC)CC)c(Br)ccc12.[2H][3H]. The predicted molar refractivity (Wildman–Crippen MR) is 264 cm³/mol. The molecule has 0 aliphatic heterocycles. The summed E-state index contributed by atoms with van der Waals surface area (Å²) in [7, 11) is 0. The number of anilines is 2. The third kappa shape index (κ3) is 13.7. The van der Waals surface area contributed by atoms with Crippen LogP contribution in [-0.4, -0.2) is 99.2 Å². The van der Waals surface area contributed by atoms with Crippen LogP contribution in [0.15, 0.2) is 53.0 Å². The van der Waals surface area contributed by atoms with E-state index >= 15 is 0 Å². The fourth-order valence-electron chi connectivity index (χ4n) is 6.51. The number of likely N-dealkylation sites (N-methyl/N-ethyl adjacent to an activating group) is 2. The second-order valence-corrected chi connectivity index (χ2v) is 16.5. The van der Waals surface area contributed by atoms with Crippen molar-refractivity contribution in [2.45, 2.75) is 77.2 Å². The second-order valence-electron chi connectivity index (χ2n) is 13.6. The van der Waals surface area contributed by atoms with Crippen LogP contribution < -0.4 is 20.1 Å². The molecule has 0 bridgehead atoms. The Bertz CT molecular complexity index is 2280. The number of fused-ring (bicyclic) bond motifs is 2. The van der Waals surface area contributed by atoms with Crippen LogP contribution in [0.25, 0.3) is 31.3 Å². The Morgan fingerprint density at radius 3 is 1.58 bits per heavy atom. The number of aryl methyl sites for hydroxylation is 1. The molecule has 342 valence electrons. The first-order valence-corrected chi connectivity index (χ1v) is 22.8. The lowest BCUT2D eigenvalue weighted by molar-refractivity contribution is -0.115. The van der Waals surface area contributed by atoms with Gasteiger partial charge in [-0.25, -0.2) is 9.59 Å². The Morgan fingerprint density at radius 1 is 0.694 bits per heavy atom. The van der Waals surface area contributed by atoms with E-state index in [-0.39, 0.29) is 39.9 Å². The van der Waals surface area contributed by atoms with Crippen molar-refractivity contribution >= 4 is 92.5 Å². The van der Waals surface area contributed by atoms with Crippen LogP contribution in [0, 0.1) is 6.92 Å². The molecule has 0 atom stereocenters. The molecular formula is C47H67BrN4O8S2. The minimum atomic E-state index is -0.455. The highest BCUT2D eigenvalue weighted by Crippen LogP contribution is 2.47. The number of carbonyl (C=O) groups excluding carboxylic acids is 4. The molecule has 62 heavy (non-hydrogen) atoms. The van der Waals surface area contributed by atoms with E-state index in [1.54, 1.807) is 13.8 Å². The standard InChI is InChI=1S/C26H32N2O4S.C19H25BrN2O4S.2CH4.H2/c1-6-28(7-2)14-15-32-23-20(19-11-9-10-17(4)16-19)12-13-21-22(26(30)31-8-3)25(27-18(5)29)33-24(21)23;1-5-22(6-2)10-11-26-16-14(20)9-8-13-15(19(24)25-7-3)18(21-12(4)23)27-17(13)16;;;/h9-13,16H,6-8,14-15H2,1-5H3,(H,27,29);8-9H,5-7,10-11H2,1-4H3,(H,21,23);2*1H4;1H/i;;;;1+2D. The molecule has 0 spiro atoms. The number of esters is 2. The van der Waals surface area contributed by atoms with Gasteiger partial charge in [-0.1, -0.05) is 84.5 Å². The van der Waals surface area contributed by atoms with Gasteiger partial charge < -0.3 is 39.4 Å². The molecule has 0 saturated heterocycles. The third-order valence-corrected chi connectivity index (χ3v) is 12.4. The Kier molecular flexibility index (Phi) is 21.9. The molecule has 0 radical (unpaired) electrons. The Labute approximate surface area is 387 Å². The number of nitrogens with one attached hydrogen (secondary N) is 2. The molecule has 0 unspecified atom stereocenters. The molecule has 2 heterocycles. The zero-order chi connectivity index (χ0) is 45.9. The fourth-order valence-corrected chi connectivity index (χ4v) is 9.55. The largest absolute Gasteiger partial charge is 0.490 e. The number of hydrogen-bond donors (Lipinski definition) is 2. The van der Waals surface area contributed by atoms with Gasteiger partial charge in [-0.05, 0) is 80.6 Å². The number of ether oxygens (including phenoxy) is 4. The summed E-state index contributed by atoms with van der Waals surface area (Å²) in [5, 5.41) is 7.93. The molecule has 15 heteroatoms. The minimum absolute atomic E-state index is 0. The van der Waals surface area contributed by atoms with Crippen LogP contribution in [-0.2, 0) is 19.1 Å². The zero-order valence-corrected chi connectivity index (χ0v) is 39.3. The van der Waals surface area contributed by atoms with Crippen molar-refractivity contribution in [2.24, 2.45) is 0 Å². The van der Waals surface area contributed by atoms with E-state index in [1.165, 1.54) is 36.5 Å². The van der Waals surface area contributed by atoms with E-state index in [4.69, 9.17) is 21.9 Å². The first-order chi connectivity index (χ1) is 29.8. The maximum absolute atomic E-state index is 12.8. The van der Waals surface area contributed by atoms with Gasteiger partial charge >= 0.3 is 11.9 Å². The Balaban J connectivity index is 0.000000609. The van der Waals surface area contributed by atoms with Gasteiger partial charge in [-0.3, -0.25) is 9.59 Å². The smallest absolute Gasteiger partial charge is 0.341 e. The van der Waals surface area contributed by atoms with Crippen molar-refractivity contribution in [3.63, 3.8) is 0 Å². The molecule has 12 nitrogen and oxygen atoms in total. The highest BCUT2D eigenvalue weighted by Gasteiger charge is 2.26. The molecule has 2 N–H and O–H groups in total. The number of benzene rings is 3. The van der Waals surface area contributed by atoms with Crippen LogP contribution in [0.1, 0.15) is 99.5 Å². The van der Waals surface area contributed by atoms with E-state index in [1.807, 2.05) is 30.3 Å². The topological polar surface area (TPSA) is 136 Å². The molecule has 5 aromatic rings. The van der Waals surface area contributed by atoms with Crippen LogP contribution in [0.4, 0.5) is 10.0 Å². The summed E-state index contributed by atoms with van der Waals surface area (Å²) >= 11 is 6.20. The summed E-state index contributed by atoms with van der Waals surface area (Å²) in [6, 6.07) is 15.8. The second kappa shape index (κ2) is 26.2. The average Bonchev–Trinajstić information content (AvgIpc) is 3.80. The van der Waals surface area contributed by atoms with E-state index in [9.17, 15) is 19.2 Å². The average molecular weight is 963 g/mol. The lowest BCUT2D eigenvalue weighted by Gasteiger charge is -2.19. The first-order valence-electron chi connectivity index (χ1n) is 21.3. The van der Waals surface area contributed by atoms with Crippen molar-refractivity contribution in [1.29, 1.82) is 0 Å². The molecule has 3 aromatic carbocycles. The van der Waals surface area contributed by atoms with Gasteiger partial charge in [-0.15, -0.1) is 22.7 Å². The highest BCUT2D eigenvalue weighted by atomic mass is 79.9. The van der Waals surface area contributed by atoms with Crippen LogP contribution in [0.5, 0.6) is 11.5 Å². The van der Waals surface area contributed by atoms with E-state index in [2.05, 4.69) is 89.2 Å². The molecule has 2 aromatic heterocycles. The van der Waals surface area contributed by atoms with Gasteiger partial charge in [0.2, 0.25) is 11.8 Å². The van der Waals surface area contributed by atoms with Crippen LogP contribution in [0.3, 0.4) is 0 Å². The van der Waals surface area contributed by atoms with Crippen molar-refractivity contribution in [1.82, 2.24) is 9.80 Å². The number of amides is 2. The first kappa shape index (κ1) is 51.8. The molecular weight excluding hydrogens is 893 g/mol. The van der Waals surface area contributed by atoms with E-state index in [0.717, 1.165) is 81.0 Å². The van der Waals surface area contributed by atoms with Gasteiger partial charge in [0.25, 0.3) is 0 Å². The predicted octanol–water partition coefficient (Wildman–Crippen LogP) is 11.8. The van der Waals surface area contributed by atoms with Gasteiger partial charge in [0.1, 0.15) is 40.1 Å². The number of hydrogen-bond acceptors (Lipinski definition) is 12. The molecule has 0 aliphatic rings. The van der Waals surface area contributed by atoms with E-state index < -0.39 is 11.9 Å². The van der Waals surface area contributed by atoms with E-state index in [0.29, 0.717) is 45.5 Å². The number of thiophene rings is 2. The number of nitrogens with zero attached hydrogens (tertiary/aromatic N) is 2. The summed E-state index contributed by atoms with van der Waals surface area (Å²) in [5.41, 5.74) is 3.89.